The number of esters is 1. The number of aromatic nitrogens is 4. The van der Waals surface area contributed by atoms with Gasteiger partial charge in [-0.05, 0) is 99.9 Å². The summed E-state index contributed by atoms with van der Waals surface area (Å²) < 4.78 is 8.18. The molecule has 2 fully saturated rings. The van der Waals surface area contributed by atoms with Gasteiger partial charge in [-0.15, -0.1) is 0 Å². The number of hydrogen-bond donors (Lipinski definition) is 6. The van der Waals surface area contributed by atoms with Crippen LogP contribution >= 0.6 is 0 Å². The summed E-state index contributed by atoms with van der Waals surface area (Å²) in [5, 5.41) is 22.9. The quantitative estimate of drug-likeness (QED) is 0.0260. The topological polar surface area (TPSA) is 216 Å². The van der Waals surface area contributed by atoms with Gasteiger partial charge in [0, 0.05) is 49.1 Å². The molecular formula is C45H52N8O7. The summed E-state index contributed by atoms with van der Waals surface area (Å²) >= 11 is 0. The zero-order chi connectivity index (χ0) is 42.4. The number of hydroxylamine groups is 1. The van der Waals surface area contributed by atoms with E-state index in [4.69, 9.17) is 20.4 Å². The van der Waals surface area contributed by atoms with Crippen molar-refractivity contribution in [3.8, 4) is 11.4 Å². The van der Waals surface area contributed by atoms with E-state index >= 15 is 0 Å². The molecule has 2 aliphatic rings. The Kier molecular flexibility index (Phi) is 15.1. The first-order chi connectivity index (χ1) is 29.4. The van der Waals surface area contributed by atoms with E-state index in [9.17, 15) is 19.2 Å². The second-order valence-corrected chi connectivity index (χ2v) is 14.7. The first-order valence-corrected chi connectivity index (χ1v) is 20.3. The number of hydrogen-bond acceptors (Lipinski definition) is 12. The SMILES string of the molecule is COC(=O)CCCCNc1cccc2nc(C3CC3)n(-c3ccccc3)c(=O)c12.NO.O=C(CCCCNc1cccc2nc(C3CC3)n(-c3ccccc3)c(=O)c12)NO. The number of amides is 1. The molecule has 7 N–H and O–H groups in total. The molecule has 0 aliphatic heterocycles. The number of anilines is 2. The molecule has 0 spiro atoms. The van der Waals surface area contributed by atoms with E-state index in [-0.39, 0.29) is 23.5 Å². The van der Waals surface area contributed by atoms with Crippen LogP contribution in [0.2, 0.25) is 0 Å². The van der Waals surface area contributed by atoms with Gasteiger partial charge < -0.3 is 20.6 Å². The molecular weight excluding hydrogens is 765 g/mol. The van der Waals surface area contributed by atoms with Crippen molar-refractivity contribution in [1.82, 2.24) is 24.6 Å². The summed E-state index contributed by atoms with van der Waals surface area (Å²) in [4.78, 5) is 59.1. The normalized spacial score (nSPS) is 13.1. The molecule has 2 heterocycles. The molecule has 2 aromatic heterocycles. The van der Waals surface area contributed by atoms with Gasteiger partial charge in [-0.1, -0.05) is 48.5 Å². The molecule has 314 valence electrons. The maximum atomic E-state index is 13.5. The van der Waals surface area contributed by atoms with Gasteiger partial charge in [0.2, 0.25) is 5.91 Å². The predicted octanol–water partition coefficient (Wildman–Crippen LogP) is 6.70. The number of nitrogens with one attached hydrogen (secondary N) is 3. The molecule has 1 amide bonds. The molecule has 2 aliphatic carbocycles. The first kappa shape index (κ1) is 43.2. The third-order valence-corrected chi connectivity index (χ3v) is 10.4. The van der Waals surface area contributed by atoms with Gasteiger partial charge in [0.1, 0.15) is 11.6 Å². The molecule has 2 saturated carbocycles. The summed E-state index contributed by atoms with van der Waals surface area (Å²) in [7, 11) is 1.40. The van der Waals surface area contributed by atoms with Crippen LogP contribution < -0.4 is 33.1 Å². The summed E-state index contributed by atoms with van der Waals surface area (Å²) in [6, 6.07) is 30.8. The van der Waals surface area contributed by atoms with Crippen LogP contribution in [-0.4, -0.2) is 61.6 Å². The van der Waals surface area contributed by atoms with Crippen LogP contribution in [-0.2, 0) is 14.3 Å². The number of methoxy groups -OCH3 is 1. The Bertz CT molecular complexity index is 2330. The van der Waals surface area contributed by atoms with Crippen LogP contribution in [0, 0.1) is 0 Å². The fraction of sp³-hybridized carbons (Fsp3) is 0.333. The molecule has 6 aromatic rings. The van der Waals surface area contributed by atoms with Gasteiger partial charge in [0.25, 0.3) is 11.1 Å². The molecule has 15 nitrogen and oxygen atoms in total. The highest BCUT2D eigenvalue weighted by molar-refractivity contribution is 5.92. The van der Waals surface area contributed by atoms with Crippen molar-refractivity contribution in [3.63, 3.8) is 0 Å². The number of benzene rings is 4. The van der Waals surface area contributed by atoms with E-state index in [2.05, 4.69) is 21.3 Å². The van der Waals surface area contributed by atoms with Crippen molar-refractivity contribution in [1.29, 1.82) is 0 Å². The fourth-order valence-corrected chi connectivity index (χ4v) is 7.08. The average Bonchev–Trinajstić information content (AvgIpc) is 4.23. The summed E-state index contributed by atoms with van der Waals surface area (Å²) in [5.41, 5.74) is 6.17. The minimum Gasteiger partial charge on any atom is -0.469 e. The molecule has 8 rings (SSSR count). The Morgan fingerprint density at radius 3 is 1.48 bits per heavy atom. The zero-order valence-corrected chi connectivity index (χ0v) is 33.7. The number of para-hydroxylation sites is 2. The maximum absolute atomic E-state index is 13.5. The molecule has 0 bridgehead atoms. The van der Waals surface area contributed by atoms with Crippen LogP contribution in [0.3, 0.4) is 0 Å². The Morgan fingerprint density at radius 1 is 0.650 bits per heavy atom. The number of nitrogens with zero attached hydrogens (tertiary/aromatic N) is 4. The Hall–Kier alpha value is -6.42. The number of nitrogens with two attached hydrogens (primary N) is 1. The van der Waals surface area contributed by atoms with Crippen LogP contribution in [0.25, 0.3) is 33.2 Å². The van der Waals surface area contributed by atoms with Gasteiger partial charge in [0.15, 0.2) is 0 Å². The van der Waals surface area contributed by atoms with Crippen molar-refractivity contribution in [2.45, 2.75) is 76.0 Å². The van der Waals surface area contributed by atoms with Crippen LogP contribution in [0.4, 0.5) is 11.4 Å². The van der Waals surface area contributed by atoms with Gasteiger partial charge in [0.05, 0.1) is 40.3 Å². The van der Waals surface area contributed by atoms with Crippen molar-refractivity contribution in [3.05, 3.63) is 129 Å². The van der Waals surface area contributed by atoms with Crippen molar-refractivity contribution >= 4 is 45.1 Å². The lowest BCUT2D eigenvalue weighted by atomic mass is 10.1. The number of carbonyl (C=O) groups is 2. The summed E-state index contributed by atoms with van der Waals surface area (Å²) in [6.45, 7) is 1.29. The van der Waals surface area contributed by atoms with E-state index in [1.807, 2.05) is 97.1 Å². The minimum absolute atomic E-state index is 0.0410. The van der Waals surface area contributed by atoms with Crippen molar-refractivity contribution < 1.29 is 24.7 Å². The smallest absolute Gasteiger partial charge is 0.305 e. The molecule has 4 aromatic carbocycles. The largest absolute Gasteiger partial charge is 0.469 e. The highest BCUT2D eigenvalue weighted by atomic mass is 16.5. The van der Waals surface area contributed by atoms with E-state index < -0.39 is 5.91 Å². The zero-order valence-electron chi connectivity index (χ0n) is 33.7. The monoisotopic (exact) mass is 816 g/mol. The standard InChI is InChI=1S/C23H25N3O3.C22H24N4O3.H3NO/c1-29-20(27)12-5-6-15-24-18-10-7-11-19-21(18)23(28)26(17-8-3-2-4-9-17)22(25-19)16-13-14-16;27-19(25-29)11-4-5-14-23-17-9-6-10-18-20(17)22(28)26(16-7-2-1-3-8-16)21(24-18)15-12-13-15;1-2/h2-4,7-11,16,24H,5-6,12-15H2,1H3;1-3,6-10,15,23,29H,4-5,11-14H2,(H,25,27);2H,1H2. The van der Waals surface area contributed by atoms with Crippen LogP contribution in [0.15, 0.2) is 107 Å². The third kappa shape index (κ3) is 10.6. The lowest BCUT2D eigenvalue weighted by molar-refractivity contribution is -0.140. The predicted molar refractivity (Wildman–Crippen MR) is 231 cm³/mol. The number of ether oxygens (including phenoxy) is 1. The van der Waals surface area contributed by atoms with E-state index in [1.165, 1.54) is 7.11 Å². The lowest BCUT2D eigenvalue weighted by Gasteiger charge is -2.15. The van der Waals surface area contributed by atoms with Crippen LogP contribution in [0.5, 0.6) is 0 Å². The maximum Gasteiger partial charge on any atom is 0.305 e. The fourth-order valence-electron chi connectivity index (χ4n) is 7.08. The van der Waals surface area contributed by atoms with E-state index in [1.54, 1.807) is 14.6 Å². The number of carbonyl (C=O) groups excluding carboxylic acids is 2. The molecule has 0 atom stereocenters. The summed E-state index contributed by atoms with van der Waals surface area (Å²) in [6.07, 6.45) is 7.86. The molecule has 0 radical (unpaired) electrons. The third-order valence-electron chi connectivity index (χ3n) is 10.4. The summed E-state index contributed by atoms with van der Waals surface area (Å²) in [5.74, 6) is 5.28. The second-order valence-electron chi connectivity index (χ2n) is 14.7. The number of rotatable bonds is 16. The highest BCUT2D eigenvalue weighted by Crippen LogP contribution is 2.41. The average molecular weight is 817 g/mol. The van der Waals surface area contributed by atoms with Gasteiger partial charge in [-0.2, -0.15) is 0 Å². The van der Waals surface area contributed by atoms with Crippen molar-refractivity contribution in [2.75, 3.05) is 30.8 Å². The number of fused-ring (bicyclic) bond motifs is 2. The second kappa shape index (κ2) is 21.0. The highest BCUT2D eigenvalue weighted by Gasteiger charge is 2.31. The minimum atomic E-state index is -0.391. The van der Waals surface area contributed by atoms with Gasteiger partial charge in [-0.25, -0.2) is 21.3 Å². The first-order valence-electron chi connectivity index (χ1n) is 20.3. The van der Waals surface area contributed by atoms with Crippen LogP contribution in [0.1, 0.15) is 87.7 Å². The molecule has 15 heteroatoms. The Balaban J connectivity index is 0.000000193. The Labute approximate surface area is 347 Å². The van der Waals surface area contributed by atoms with E-state index in [0.717, 1.165) is 84.9 Å². The molecule has 0 unspecified atom stereocenters. The van der Waals surface area contributed by atoms with Crippen molar-refractivity contribution in [2.24, 2.45) is 5.90 Å². The van der Waals surface area contributed by atoms with E-state index in [0.29, 0.717) is 54.1 Å². The lowest BCUT2D eigenvalue weighted by Crippen LogP contribution is -2.24. The Morgan fingerprint density at radius 2 is 1.08 bits per heavy atom. The van der Waals surface area contributed by atoms with Gasteiger partial charge in [-0.3, -0.25) is 33.5 Å². The molecule has 0 saturated heterocycles. The van der Waals surface area contributed by atoms with Gasteiger partial charge >= 0.3 is 5.97 Å². The molecule has 60 heavy (non-hydrogen) atoms. The number of unbranched alkanes of at least 4 members (excludes halogenated alkanes) is 2.